The van der Waals surface area contributed by atoms with E-state index >= 15 is 0 Å². The van der Waals surface area contributed by atoms with Gasteiger partial charge in [-0.3, -0.25) is 0 Å². The largest absolute Gasteiger partial charge is 0.310 e. The highest BCUT2D eigenvalue weighted by molar-refractivity contribution is 7.09. The van der Waals surface area contributed by atoms with Crippen LogP contribution < -0.4 is 5.32 Å². The van der Waals surface area contributed by atoms with E-state index in [9.17, 15) is 0 Å². The molecule has 0 radical (unpaired) electrons. The number of nitrogens with zero attached hydrogens (tertiary/aromatic N) is 1. The summed E-state index contributed by atoms with van der Waals surface area (Å²) in [6, 6.07) is 10.4. The molecule has 0 unspecified atom stereocenters. The van der Waals surface area contributed by atoms with Gasteiger partial charge >= 0.3 is 0 Å². The molecule has 114 valence electrons. The third-order valence-electron chi connectivity index (χ3n) is 3.60. The Hall–Kier alpha value is -1.19. The van der Waals surface area contributed by atoms with Gasteiger partial charge in [0, 0.05) is 17.5 Å². The molecule has 0 atom stereocenters. The Kier molecular flexibility index (Phi) is 7.47. The highest BCUT2D eigenvalue weighted by Gasteiger charge is 2.03. The van der Waals surface area contributed by atoms with Crippen LogP contribution in [0.5, 0.6) is 0 Å². The molecule has 0 aliphatic carbocycles. The minimum absolute atomic E-state index is 0.895. The number of thiazole rings is 1. The molecule has 0 amide bonds. The fourth-order valence-electron chi connectivity index (χ4n) is 2.36. The molecule has 0 spiro atoms. The number of hydrogen-bond donors (Lipinski definition) is 1. The Morgan fingerprint density at radius 1 is 1.00 bits per heavy atom. The van der Waals surface area contributed by atoms with Crippen LogP contribution in [0.4, 0.5) is 0 Å². The van der Waals surface area contributed by atoms with E-state index in [2.05, 4.69) is 41.9 Å². The molecule has 0 aliphatic rings. The first-order valence-electron chi connectivity index (χ1n) is 8.10. The van der Waals surface area contributed by atoms with E-state index in [1.165, 1.54) is 49.1 Å². The van der Waals surface area contributed by atoms with Gasteiger partial charge in [0.2, 0.25) is 0 Å². The lowest BCUT2D eigenvalue weighted by Gasteiger charge is -2.02. The number of unbranched alkanes of at least 4 members (excludes halogenated alkanes) is 5. The molecule has 3 heteroatoms. The van der Waals surface area contributed by atoms with Crippen molar-refractivity contribution in [3.8, 4) is 11.3 Å². The number of aromatic nitrogens is 1. The van der Waals surface area contributed by atoms with Gasteiger partial charge in [-0.1, -0.05) is 69.4 Å². The first-order valence-corrected chi connectivity index (χ1v) is 8.98. The zero-order valence-corrected chi connectivity index (χ0v) is 13.8. The predicted octanol–water partition coefficient (Wildman–Crippen LogP) is 5.26. The molecule has 0 aliphatic heterocycles. The van der Waals surface area contributed by atoms with Gasteiger partial charge in [0.25, 0.3) is 0 Å². The van der Waals surface area contributed by atoms with Gasteiger partial charge in [-0.15, -0.1) is 11.3 Å². The molecule has 1 N–H and O–H groups in total. The molecule has 0 saturated heterocycles. The molecule has 21 heavy (non-hydrogen) atoms. The summed E-state index contributed by atoms with van der Waals surface area (Å²) in [5, 5.41) is 6.84. The highest BCUT2D eigenvalue weighted by Crippen LogP contribution is 2.21. The Balaban J connectivity index is 1.63. The van der Waals surface area contributed by atoms with Crippen molar-refractivity contribution in [3.63, 3.8) is 0 Å². The summed E-state index contributed by atoms with van der Waals surface area (Å²) in [5.74, 6) is 0. The smallest absolute Gasteiger partial charge is 0.107 e. The van der Waals surface area contributed by atoms with Crippen LogP contribution in [0.25, 0.3) is 11.3 Å². The summed E-state index contributed by atoms with van der Waals surface area (Å²) in [4.78, 5) is 4.69. The third-order valence-corrected chi connectivity index (χ3v) is 4.45. The fraction of sp³-hybridized carbons (Fsp3) is 0.500. The molecular formula is C18H26N2S. The molecule has 2 nitrogen and oxygen atoms in total. The summed E-state index contributed by atoms with van der Waals surface area (Å²) in [6.07, 6.45) is 8.11. The Labute approximate surface area is 132 Å². The van der Waals surface area contributed by atoms with E-state index in [1.54, 1.807) is 11.3 Å². The van der Waals surface area contributed by atoms with Crippen molar-refractivity contribution in [1.82, 2.24) is 10.3 Å². The summed E-state index contributed by atoms with van der Waals surface area (Å²) >= 11 is 1.75. The zero-order valence-electron chi connectivity index (χ0n) is 13.0. The van der Waals surface area contributed by atoms with Crippen molar-refractivity contribution >= 4 is 11.3 Å². The maximum Gasteiger partial charge on any atom is 0.107 e. The fourth-order valence-corrected chi connectivity index (χ4v) is 3.13. The second-order valence-corrected chi connectivity index (χ2v) is 6.38. The van der Waals surface area contributed by atoms with Crippen molar-refractivity contribution in [2.45, 2.75) is 52.0 Å². The van der Waals surface area contributed by atoms with Crippen molar-refractivity contribution in [2.24, 2.45) is 0 Å². The minimum atomic E-state index is 0.895. The molecule has 0 bridgehead atoms. The van der Waals surface area contributed by atoms with Crippen LogP contribution in [-0.2, 0) is 6.54 Å². The monoisotopic (exact) mass is 302 g/mol. The van der Waals surface area contributed by atoms with Crippen LogP contribution in [-0.4, -0.2) is 11.5 Å². The molecule has 1 aromatic carbocycles. The van der Waals surface area contributed by atoms with Crippen molar-refractivity contribution in [1.29, 1.82) is 0 Å². The van der Waals surface area contributed by atoms with Gasteiger partial charge < -0.3 is 5.32 Å². The number of nitrogens with one attached hydrogen (secondary N) is 1. The van der Waals surface area contributed by atoms with Crippen LogP contribution in [0.2, 0.25) is 0 Å². The molecule has 2 aromatic rings. The SMILES string of the molecule is CCCCCCCCNCc1nc(-c2ccccc2)cs1. The van der Waals surface area contributed by atoms with E-state index in [0.29, 0.717) is 0 Å². The summed E-state index contributed by atoms with van der Waals surface area (Å²) < 4.78 is 0. The van der Waals surface area contributed by atoms with Crippen LogP contribution in [0.15, 0.2) is 35.7 Å². The second kappa shape index (κ2) is 9.69. The maximum atomic E-state index is 4.69. The highest BCUT2D eigenvalue weighted by atomic mass is 32.1. The normalized spacial score (nSPS) is 10.9. The molecule has 2 rings (SSSR count). The van der Waals surface area contributed by atoms with Gasteiger partial charge in [-0.05, 0) is 13.0 Å². The van der Waals surface area contributed by atoms with Crippen LogP contribution in [0.1, 0.15) is 50.5 Å². The second-order valence-electron chi connectivity index (χ2n) is 5.44. The van der Waals surface area contributed by atoms with Gasteiger partial charge in [-0.2, -0.15) is 0 Å². The maximum absolute atomic E-state index is 4.69. The number of rotatable bonds is 10. The van der Waals surface area contributed by atoms with Crippen LogP contribution in [0.3, 0.4) is 0 Å². The zero-order chi connectivity index (χ0) is 14.8. The van der Waals surface area contributed by atoms with Gasteiger partial charge in [0.15, 0.2) is 0 Å². The number of hydrogen-bond acceptors (Lipinski definition) is 3. The van der Waals surface area contributed by atoms with Gasteiger partial charge in [0.1, 0.15) is 5.01 Å². The number of benzene rings is 1. The van der Waals surface area contributed by atoms with E-state index in [-0.39, 0.29) is 0 Å². The average molecular weight is 302 g/mol. The Morgan fingerprint density at radius 3 is 2.57 bits per heavy atom. The van der Waals surface area contributed by atoms with Gasteiger partial charge in [-0.25, -0.2) is 4.98 Å². The average Bonchev–Trinajstić information content (AvgIpc) is 3.00. The van der Waals surface area contributed by atoms with E-state index < -0.39 is 0 Å². The summed E-state index contributed by atoms with van der Waals surface area (Å²) in [5.41, 5.74) is 2.30. The van der Waals surface area contributed by atoms with Crippen molar-refractivity contribution in [3.05, 3.63) is 40.7 Å². The molecule has 0 fully saturated rings. The Morgan fingerprint density at radius 2 is 1.76 bits per heavy atom. The van der Waals surface area contributed by atoms with Crippen LogP contribution in [0, 0.1) is 0 Å². The van der Waals surface area contributed by atoms with Gasteiger partial charge in [0.05, 0.1) is 5.69 Å². The summed E-state index contributed by atoms with van der Waals surface area (Å²) in [6.45, 7) is 4.26. The minimum Gasteiger partial charge on any atom is -0.310 e. The first kappa shape index (κ1) is 16.2. The molecular weight excluding hydrogens is 276 g/mol. The molecule has 1 aromatic heterocycles. The lowest BCUT2D eigenvalue weighted by molar-refractivity contribution is 0.571. The topological polar surface area (TPSA) is 24.9 Å². The summed E-state index contributed by atoms with van der Waals surface area (Å²) in [7, 11) is 0. The third kappa shape index (κ3) is 5.98. The predicted molar refractivity (Wildman–Crippen MR) is 92.6 cm³/mol. The Bertz CT molecular complexity index is 493. The van der Waals surface area contributed by atoms with E-state index in [0.717, 1.165) is 18.8 Å². The van der Waals surface area contributed by atoms with E-state index in [1.807, 2.05) is 6.07 Å². The van der Waals surface area contributed by atoms with Crippen LogP contribution >= 0.6 is 11.3 Å². The molecule has 0 saturated carbocycles. The lowest BCUT2D eigenvalue weighted by atomic mass is 10.1. The standard InChI is InChI=1S/C18H26N2S/c1-2-3-4-5-6-10-13-19-14-18-20-17(15-21-18)16-11-8-7-9-12-16/h7-9,11-12,15,19H,2-6,10,13-14H2,1H3. The quantitative estimate of drug-likeness (QED) is 0.605. The van der Waals surface area contributed by atoms with Crippen molar-refractivity contribution < 1.29 is 0 Å². The van der Waals surface area contributed by atoms with E-state index in [4.69, 9.17) is 4.98 Å². The molecule has 1 heterocycles. The first-order chi connectivity index (χ1) is 10.4. The lowest BCUT2D eigenvalue weighted by Crippen LogP contribution is -2.14. The van der Waals surface area contributed by atoms with Crippen molar-refractivity contribution in [2.75, 3.05) is 6.54 Å².